The zero-order chi connectivity index (χ0) is 14.8. The lowest BCUT2D eigenvalue weighted by atomic mass is 10.1. The third kappa shape index (κ3) is 4.24. The molecule has 0 aromatic heterocycles. The van der Waals surface area contributed by atoms with E-state index in [4.69, 9.17) is 9.84 Å². The van der Waals surface area contributed by atoms with Crippen molar-refractivity contribution in [2.24, 2.45) is 0 Å². The number of carbonyl (C=O) groups excluding carboxylic acids is 1. The van der Waals surface area contributed by atoms with Gasteiger partial charge in [0.1, 0.15) is 5.75 Å². The summed E-state index contributed by atoms with van der Waals surface area (Å²) in [6, 6.07) is 7.38. The second-order valence-electron chi connectivity index (χ2n) is 3.48. The van der Waals surface area contributed by atoms with Gasteiger partial charge in [-0.05, 0) is 12.1 Å². The Balaban J connectivity index is 0.000000741. The molecule has 1 aromatic carbocycles. The average Bonchev–Trinajstić information content (AvgIpc) is 2.49. The number of benzene rings is 1. The van der Waals surface area contributed by atoms with Crippen LogP contribution in [0.25, 0.3) is 0 Å². The van der Waals surface area contributed by atoms with E-state index in [1.807, 2.05) is 52.0 Å². The highest BCUT2D eigenvalue weighted by molar-refractivity contribution is 5.99. The van der Waals surface area contributed by atoms with Gasteiger partial charge in [-0.3, -0.25) is 4.79 Å². The summed E-state index contributed by atoms with van der Waals surface area (Å²) in [5.41, 5.74) is 0.775. The molecule has 0 saturated heterocycles. The van der Waals surface area contributed by atoms with E-state index in [1.54, 1.807) is 11.9 Å². The van der Waals surface area contributed by atoms with Gasteiger partial charge in [-0.25, -0.2) is 0 Å². The molecule has 0 bridgehead atoms. The maximum absolute atomic E-state index is 11.8. The SMILES string of the molecule is CC.CC.CN1C(=O)C(CCO)Oc2ccccc21. The number of nitrogens with zero attached hydrogens (tertiary/aromatic N) is 1. The van der Waals surface area contributed by atoms with Crippen molar-refractivity contribution in [1.82, 2.24) is 0 Å². The molecule has 0 saturated carbocycles. The van der Waals surface area contributed by atoms with Gasteiger partial charge in [-0.2, -0.15) is 0 Å². The van der Waals surface area contributed by atoms with Crippen LogP contribution in [0.2, 0.25) is 0 Å². The van der Waals surface area contributed by atoms with Gasteiger partial charge < -0.3 is 14.7 Å². The number of likely N-dealkylation sites (N-methyl/N-ethyl adjacent to an activating group) is 1. The van der Waals surface area contributed by atoms with Crippen LogP contribution in [0.5, 0.6) is 5.75 Å². The fourth-order valence-corrected chi connectivity index (χ4v) is 1.67. The molecule has 0 fully saturated rings. The highest BCUT2D eigenvalue weighted by Gasteiger charge is 2.31. The molecule has 0 spiro atoms. The molecule has 1 aliphatic heterocycles. The Morgan fingerprint density at radius 2 is 1.79 bits per heavy atom. The molecule has 2 rings (SSSR count). The summed E-state index contributed by atoms with van der Waals surface area (Å²) < 4.78 is 5.50. The topological polar surface area (TPSA) is 49.8 Å². The fraction of sp³-hybridized carbons (Fsp3) is 0.533. The second kappa shape index (κ2) is 9.39. The highest BCUT2D eigenvalue weighted by Crippen LogP contribution is 2.33. The molecule has 1 atom stereocenters. The molecule has 1 aliphatic rings. The van der Waals surface area contributed by atoms with Crippen molar-refractivity contribution in [3.63, 3.8) is 0 Å². The van der Waals surface area contributed by atoms with Gasteiger partial charge in [0, 0.05) is 20.1 Å². The number of hydrogen-bond acceptors (Lipinski definition) is 3. The number of carbonyl (C=O) groups is 1. The summed E-state index contributed by atoms with van der Waals surface area (Å²) in [6.45, 7) is 7.95. The van der Waals surface area contributed by atoms with Crippen LogP contribution in [0.15, 0.2) is 24.3 Å². The van der Waals surface area contributed by atoms with Gasteiger partial charge in [0.05, 0.1) is 5.69 Å². The Morgan fingerprint density at radius 3 is 2.37 bits per heavy atom. The lowest BCUT2D eigenvalue weighted by Gasteiger charge is -2.31. The minimum Gasteiger partial charge on any atom is -0.478 e. The third-order valence-corrected chi connectivity index (χ3v) is 2.49. The predicted molar refractivity (Wildman–Crippen MR) is 78.7 cm³/mol. The van der Waals surface area contributed by atoms with Crippen LogP contribution in [0.4, 0.5) is 5.69 Å². The molecule has 0 radical (unpaired) electrons. The van der Waals surface area contributed by atoms with E-state index >= 15 is 0 Å². The summed E-state index contributed by atoms with van der Waals surface area (Å²) >= 11 is 0. The number of rotatable bonds is 2. The molecule has 0 aliphatic carbocycles. The molecule has 1 N–H and O–H groups in total. The highest BCUT2D eigenvalue weighted by atomic mass is 16.5. The fourth-order valence-electron chi connectivity index (χ4n) is 1.67. The number of amides is 1. The smallest absolute Gasteiger partial charge is 0.267 e. The first-order valence-electron chi connectivity index (χ1n) is 6.88. The number of fused-ring (bicyclic) bond motifs is 1. The van der Waals surface area contributed by atoms with Crippen molar-refractivity contribution < 1.29 is 14.6 Å². The van der Waals surface area contributed by atoms with Gasteiger partial charge in [0.25, 0.3) is 5.91 Å². The lowest BCUT2D eigenvalue weighted by molar-refractivity contribution is -0.126. The van der Waals surface area contributed by atoms with Crippen LogP contribution in [-0.2, 0) is 4.79 Å². The van der Waals surface area contributed by atoms with Crippen LogP contribution in [0.1, 0.15) is 34.1 Å². The molecule has 1 aromatic rings. The van der Waals surface area contributed by atoms with E-state index in [0.29, 0.717) is 12.2 Å². The van der Waals surface area contributed by atoms with E-state index in [9.17, 15) is 4.79 Å². The number of aliphatic hydroxyl groups excluding tert-OH is 1. The van der Waals surface area contributed by atoms with Gasteiger partial charge in [-0.1, -0.05) is 39.8 Å². The average molecular weight is 267 g/mol. The maximum Gasteiger partial charge on any atom is 0.267 e. The zero-order valence-electron chi connectivity index (χ0n) is 12.5. The molecular formula is C15H25NO3. The normalized spacial score (nSPS) is 16.2. The Morgan fingerprint density at radius 1 is 1.21 bits per heavy atom. The van der Waals surface area contributed by atoms with E-state index in [2.05, 4.69) is 0 Å². The number of para-hydroxylation sites is 2. The Hall–Kier alpha value is -1.55. The minimum atomic E-state index is -0.560. The van der Waals surface area contributed by atoms with Gasteiger partial charge in [0.15, 0.2) is 6.10 Å². The summed E-state index contributed by atoms with van der Waals surface area (Å²) in [5, 5.41) is 8.82. The largest absolute Gasteiger partial charge is 0.478 e. The number of aliphatic hydroxyl groups is 1. The first-order chi connectivity index (χ1) is 9.24. The standard InChI is InChI=1S/C11H13NO3.2C2H6/c1-12-8-4-2-3-5-9(8)15-10(6-7-13)11(12)14;2*1-2/h2-5,10,13H,6-7H2,1H3;2*1-2H3. The summed E-state index contributed by atoms with van der Waals surface area (Å²) in [5.74, 6) is 0.584. The monoisotopic (exact) mass is 267 g/mol. The summed E-state index contributed by atoms with van der Waals surface area (Å²) in [7, 11) is 1.72. The van der Waals surface area contributed by atoms with Crippen LogP contribution >= 0.6 is 0 Å². The molecule has 1 unspecified atom stereocenters. The van der Waals surface area contributed by atoms with Crippen molar-refractivity contribution in [1.29, 1.82) is 0 Å². The third-order valence-electron chi connectivity index (χ3n) is 2.49. The van der Waals surface area contributed by atoms with E-state index < -0.39 is 6.10 Å². The van der Waals surface area contributed by atoms with Crippen LogP contribution in [0, 0.1) is 0 Å². The molecule has 4 nitrogen and oxygen atoms in total. The van der Waals surface area contributed by atoms with Gasteiger partial charge in [-0.15, -0.1) is 0 Å². The van der Waals surface area contributed by atoms with Crippen molar-refractivity contribution in [3.05, 3.63) is 24.3 Å². The van der Waals surface area contributed by atoms with Crippen molar-refractivity contribution >= 4 is 11.6 Å². The number of hydrogen-bond donors (Lipinski definition) is 1. The predicted octanol–water partition coefficient (Wildman–Crippen LogP) is 2.85. The van der Waals surface area contributed by atoms with Crippen molar-refractivity contribution in [2.75, 3.05) is 18.6 Å². The number of anilines is 1. The van der Waals surface area contributed by atoms with Gasteiger partial charge in [0.2, 0.25) is 0 Å². The summed E-state index contributed by atoms with van der Waals surface area (Å²) in [4.78, 5) is 13.3. The minimum absolute atomic E-state index is 0.0492. The van der Waals surface area contributed by atoms with E-state index in [-0.39, 0.29) is 12.5 Å². The van der Waals surface area contributed by atoms with Crippen molar-refractivity contribution in [2.45, 2.75) is 40.2 Å². The molecular weight excluding hydrogens is 242 g/mol. The number of ether oxygens (including phenoxy) is 1. The maximum atomic E-state index is 11.8. The Labute approximate surface area is 116 Å². The second-order valence-corrected chi connectivity index (χ2v) is 3.48. The Kier molecular flexibility index (Phi) is 8.62. The van der Waals surface area contributed by atoms with Crippen molar-refractivity contribution in [3.8, 4) is 5.75 Å². The van der Waals surface area contributed by atoms with Gasteiger partial charge >= 0.3 is 0 Å². The van der Waals surface area contributed by atoms with Crippen LogP contribution in [-0.4, -0.2) is 30.8 Å². The Bertz CT molecular complexity index is 379. The molecule has 1 heterocycles. The first kappa shape index (κ1) is 17.4. The lowest BCUT2D eigenvalue weighted by Crippen LogP contribution is -2.44. The quantitative estimate of drug-likeness (QED) is 0.896. The first-order valence-corrected chi connectivity index (χ1v) is 6.88. The zero-order valence-corrected chi connectivity index (χ0v) is 12.5. The van der Waals surface area contributed by atoms with Crippen LogP contribution < -0.4 is 9.64 Å². The molecule has 108 valence electrons. The molecule has 1 amide bonds. The molecule has 19 heavy (non-hydrogen) atoms. The molecule has 4 heteroatoms. The summed E-state index contributed by atoms with van der Waals surface area (Å²) in [6.07, 6.45) is -0.229. The van der Waals surface area contributed by atoms with E-state index in [0.717, 1.165) is 5.69 Å². The van der Waals surface area contributed by atoms with E-state index in [1.165, 1.54) is 0 Å². The van der Waals surface area contributed by atoms with Crippen LogP contribution in [0.3, 0.4) is 0 Å².